The van der Waals surface area contributed by atoms with Crippen molar-refractivity contribution >= 4 is 27.8 Å². The SMILES string of the molecule is CN=C(SC(=N)c1cccc(C(N)=O)n1)c1cncc(F)c1. The molecule has 0 fully saturated rings. The van der Waals surface area contributed by atoms with Crippen LogP contribution in [0, 0.1) is 11.2 Å². The third kappa shape index (κ3) is 3.73. The minimum absolute atomic E-state index is 0.0629. The van der Waals surface area contributed by atoms with Crippen molar-refractivity contribution in [1.82, 2.24) is 9.97 Å². The van der Waals surface area contributed by atoms with Gasteiger partial charge in [-0.1, -0.05) is 6.07 Å². The minimum Gasteiger partial charge on any atom is -0.364 e. The Bertz CT molecular complexity index is 762. The van der Waals surface area contributed by atoms with Crippen LogP contribution in [0.25, 0.3) is 0 Å². The summed E-state index contributed by atoms with van der Waals surface area (Å²) in [4.78, 5) is 22.9. The molecule has 8 heteroatoms. The van der Waals surface area contributed by atoms with E-state index in [0.29, 0.717) is 10.6 Å². The molecule has 6 nitrogen and oxygen atoms in total. The van der Waals surface area contributed by atoms with E-state index < -0.39 is 11.7 Å². The summed E-state index contributed by atoms with van der Waals surface area (Å²) in [5.74, 6) is -1.15. The van der Waals surface area contributed by atoms with E-state index in [4.69, 9.17) is 11.1 Å². The zero-order chi connectivity index (χ0) is 16.1. The fourth-order valence-electron chi connectivity index (χ4n) is 1.61. The maximum absolute atomic E-state index is 13.2. The molecule has 1 amide bonds. The minimum atomic E-state index is -0.668. The number of primary amides is 1. The maximum Gasteiger partial charge on any atom is 0.267 e. The number of thioether (sulfide) groups is 1. The second-order valence-electron chi connectivity index (χ2n) is 4.12. The zero-order valence-electron chi connectivity index (χ0n) is 11.6. The first-order chi connectivity index (χ1) is 10.5. The zero-order valence-corrected chi connectivity index (χ0v) is 12.4. The molecular formula is C14H12FN5OS. The molecule has 0 bridgehead atoms. The molecular weight excluding hydrogens is 305 g/mol. The average molecular weight is 317 g/mol. The van der Waals surface area contributed by atoms with Crippen molar-refractivity contribution < 1.29 is 9.18 Å². The maximum atomic E-state index is 13.2. The normalized spacial score (nSPS) is 11.3. The summed E-state index contributed by atoms with van der Waals surface area (Å²) in [6.07, 6.45) is 2.55. The quantitative estimate of drug-likeness (QED) is 0.665. The second kappa shape index (κ2) is 6.90. The van der Waals surface area contributed by atoms with Gasteiger partial charge in [-0.2, -0.15) is 0 Å². The molecule has 0 saturated carbocycles. The molecule has 2 heterocycles. The van der Waals surface area contributed by atoms with E-state index >= 15 is 0 Å². The third-order valence-corrected chi connectivity index (χ3v) is 3.61. The van der Waals surface area contributed by atoms with E-state index in [1.807, 2.05) is 0 Å². The Morgan fingerprint density at radius 3 is 2.73 bits per heavy atom. The van der Waals surface area contributed by atoms with Crippen molar-refractivity contribution in [1.29, 1.82) is 5.41 Å². The van der Waals surface area contributed by atoms with E-state index in [9.17, 15) is 9.18 Å². The Morgan fingerprint density at radius 2 is 2.09 bits per heavy atom. The van der Waals surface area contributed by atoms with E-state index in [0.717, 1.165) is 18.0 Å². The van der Waals surface area contributed by atoms with E-state index in [1.54, 1.807) is 12.1 Å². The van der Waals surface area contributed by atoms with Crippen LogP contribution in [0.5, 0.6) is 0 Å². The molecule has 0 aliphatic rings. The van der Waals surface area contributed by atoms with Crippen molar-refractivity contribution in [2.75, 3.05) is 7.05 Å². The van der Waals surface area contributed by atoms with Crippen molar-refractivity contribution in [2.45, 2.75) is 0 Å². The van der Waals surface area contributed by atoms with Crippen LogP contribution in [0.15, 0.2) is 41.7 Å². The highest BCUT2D eigenvalue weighted by atomic mass is 32.2. The summed E-state index contributed by atoms with van der Waals surface area (Å²) in [5, 5.41) is 8.54. The number of amides is 1. The molecule has 3 N–H and O–H groups in total. The Labute approximate surface area is 130 Å². The molecule has 0 radical (unpaired) electrons. The smallest absolute Gasteiger partial charge is 0.267 e. The Balaban J connectivity index is 2.23. The van der Waals surface area contributed by atoms with Gasteiger partial charge in [0.2, 0.25) is 0 Å². The summed E-state index contributed by atoms with van der Waals surface area (Å²) in [6.45, 7) is 0. The highest BCUT2D eigenvalue weighted by Crippen LogP contribution is 2.18. The van der Waals surface area contributed by atoms with Crippen LogP contribution in [-0.4, -0.2) is 33.0 Å². The van der Waals surface area contributed by atoms with Gasteiger partial charge in [0.1, 0.15) is 21.6 Å². The summed E-state index contributed by atoms with van der Waals surface area (Å²) in [7, 11) is 1.54. The van der Waals surface area contributed by atoms with Crippen molar-refractivity contribution in [2.24, 2.45) is 10.7 Å². The number of nitrogens with one attached hydrogen (secondary N) is 1. The van der Waals surface area contributed by atoms with Gasteiger partial charge in [0, 0.05) is 18.8 Å². The number of halogens is 1. The number of nitrogens with two attached hydrogens (primary N) is 1. The molecule has 0 saturated heterocycles. The van der Waals surface area contributed by atoms with Crippen LogP contribution >= 0.6 is 11.8 Å². The van der Waals surface area contributed by atoms with Crippen molar-refractivity contribution in [3.8, 4) is 0 Å². The van der Waals surface area contributed by atoms with Gasteiger partial charge in [-0.05, 0) is 30.0 Å². The number of carbonyl (C=O) groups is 1. The molecule has 2 aromatic rings. The highest BCUT2D eigenvalue weighted by molar-refractivity contribution is 8.27. The van der Waals surface area contributed by atoms with Crippen LogP contribution < -0.4 is 5.73 Å². The average Bonchev–Trinajstić information content (AvgIpc) is 2.52. The van der Waals surface area contributed by atoms with Gasteiger partial charge in [-0.25, -0.2) is 9.37 Å². The monoisotopic (exact) mass is 317 g/mol. The number of aromatic nitrogens is 2. The Morgan fingerprint density at radius 1 is 1.36 bits per heavy atom. The van der Waals surface area contributed by atoms with Gasteiger partial charge < -0.3 is 5.73 Å². The van der Waals surface area contributed by atoms with E-state index in [1.165, 1.54) is 25.4 Å². The van der Waals surface area contributed by atoms with Crippen molar-refractivity contribution in [3.63, 3.8) is 0 Å². The molecule has 0 aliphatic heterocycles. The molecule has 22 heavy (non-hydrogen) atoms. The molecule has 112 valence electrons. The van der Waals surface area contributed by atoms with E-state index in [2.05, 4.69) is 15.0 Å². The summed E-state index contributed by atoms with van der Waals surface area (Å²) in [5.41, 5.74) is 5.99. The standard InChI is InChI=1S/C14H12FN5OS/c1-18-14(8-5-9(15)7-19-6-8)22-13(17)11-4-2-3-10(20-11)12(16)21/h2-7,17H,1H3,(H2,16,21). The molecule has 0 aromatic carbocycles. The molecule has 0 atom stereocenters. The first kappa shape index (κ1) is 15.8. The van der Waals surface area contributed by atoms with Gasteiger partial charge in [-0.15, -0.1) is 0 Å². The highest BCUT2D eigenvalue weighted by Gasteiger charge is 2.13. The Hall–Kier alpha value is -2.61. The predicted molar refractivity (Wildman–Crippen MR) is 83.8 cm³/mol. The molecule has 0 spiro atoms. The second-order valence-corrected chi connectivity index (χ2v) is 5.12. The molecule has 2 rings (SSSR count). The lowest BCUT2D eigenvalue weighted by atomic mass is 10.3. The van der Waals surface area contributed by atoms with Crippen LogP contribution in [-0.2, 0) is 0 Å². The predicted octanol–water partition coefficient (Wildman–Crippen LogP) is 1.85. The summed E-state index contributed by atoms with van der Waals surface area (Å²) >= 11 is 0.992. The lowest BCUT2D eigenvalue weighted by Crippen LogP contribution is -2.15. The van der Waals surface area contributed by atoms with Gasteiger partial charge in [-0.3, -0.25) is 20.2 Å². The van der Waals surface area contributed by atoms with Gasteiger partial charge in [0.15, 0.2) is 0 Å². The number of aliphatic imine (C=N–C) groups is 1. The number of carbonyl (C=O) groups excluding carboxylic acids is 1. The van der Waals surface area contributed by atoms with E-state index in [-0.39, 0.29) is 16.4 Å². The van der Waals surface area contributed by atoms with Crippen LogP contribution in [0.1, 0.15) is 21.7 Å². The fraction of sp³-hybridized carbons (Fsp3) is 0.0714. The number of nitrogens with zero attached hydrogens (tertiary/aromatic N) is 3. The van der Waals surface area contributed by atoms with Gasteiger partial charge in [0.25, 0.3) is 5.91 Å². The molecule has 0 aliphatic carbocycles. The summed E-state index contributed by atoms with van der Waals surface area (Å²) in [6, 6.07) is 5.92. The van der Waals surface area contributed by atoms with Crippen LogP contribution in [0.4, 0.5) is 4.39 Å². The number of hydrogen-bond donors (Lipinski definition) is 2. The van der Waals surface area contributed by atoms with Crippen LogP contribution in [0.3, 0.4) is 0 Å². The Kier molecular flexibility index (Phi) is 4.95. The first-order valence-electron chi connectivity index (χ1n) is 6.12. The largest absolute Gasteiger partial charge is 0.364 e. The lowest BCUT2D eigenvalue weighted by Gasteiger charge is -2.07. The number of rotatable bonds is 3. The van der Waals surface area contributed by atoms with Gasteiger partial charge in [0.05, 0.1) is 11.9 Å². The van der Waals surface area contributed by atoms with Crippen LogP contribution in [0.2, 0.25) is 0 Å². The summed E-state index contributed by atoms with van der Waals surface area (Å²) < 4.78 is 13.2. The van der Waals surface area contributed by atoms with Crippen molar-refractivity contribution in [3.05, 3.63) is 59.4 Å². The first-order valence-corrected chi connectivity index (χ1v) is 6.94. The fourth-order valence-corrected chi connectivity index (χ4v) is 2.34. The molecule has 2 aromatic heterocycles. The third-order valence-electron chi connectivity index (χ3n) is 2.59. The molecule has 0 unspecified atom stereocenters. The van der Waals surface area contributed by atoms with Gasteiger partial charge >= 0.3 is 0 Å². The topological polar surface area (TPSA) is 105 Å². The lowest BCUT2D eigenvalue weighted by molar-refractivity contribution is 0.0995. The number of pyridine rings is 2. The number of hydrogen-bond acceptors (Lipinski definition) is 6.